The average molecular weight is 298 g/mol. The Hall–Kier alpha value is -1.06. The molecule has 0 aliphatic carbocycles. The van der Waals surface area contributed by atoms with Crippen molar-refractivity contribution in [3.63, 3.8) is 0 Å². The predicted octanol–water partition coefficient (Wildman–Crippen LogP) is 2.19. The van der Waals surface area contributed by atoms with Crippen molar-refractivity contribution < 1.29 is 19.8 Å². The molecule has 0 atom stereocenters. The van der Waals surface area contributed by atoms with Crippen molar-refractivity contribution in [3.05, 3.63) is 0 Å². The number of carbonyl (C=O) groups excluding carboxylic acids is 2. The predicted molar refractivity (Wildman–Crippen MR) is 79.2 cm³/mol. The standard InChI is InChI=1S/C17H32O4/c1-2-3-4-5-6-7-8-9-10-11-12-13-14-15(16(18)19)17(20)21/h15H,2-14H2,1H3,(H,18,19)(H,20,21)/p-2. The summed E-state index contributed by atoms with van der Waals surface area (Å²) in [7, 11) is 0. The first-order valence-corrected chi connectivity index (χ1v) is 8.51. The molecule has 0 fully saturated rings. The number of hydrogen-bond donors (Lipinski definition) is 0. The molecule has 0 aliphatic rings. The minimum Gasteiger partial charge on any atom is -0.549 e. The van der Waals surface area contributed by atoms with Gasteiger partial charge in [0.05, 0.1) is 11.9 Å². The molecule has 0 aromatic heterocycles. The molecule has 0 aromatic carbocycles. The second-order valence-electron chi connectivity index (χ2n) is 5.87. The molecule has 0 spiro atoms. The fraction of sp³-hybridized carbons (Fsp3) is 0.882. The van der Waals surface area contributed by atoms with Gasteiger partial charge in [0.25, 0.3) is 0 Å². The lowest BCUT2D eigenvalue weighted by Crippen LogP contribution is -2.43. The summed E-state index contributed by atoms with van der Waals surface area (Å²) < 4.78 is 0. The highest BCUT2D eigenvalue weighted by atomic mass is 16.4. The quantitative estimate of drug-likeness (QED) is 0.343. The van der Waals surface area contributed by atoms with E-state index in [0.29, 0.717) is 6.42 Å². The van der Waals surface area contributed by atoms with Crippen LogP contribution in [0.3, 0.4) is 0 Å². The number of carboxylic acid groups (broad SMARTS) is 2. The van der Waals surface area contributed by atoms with Gasteiger partial charge in [-0.05, 0) is 6.42 Å². The highest BCUT2D eigenvalue weighted by molar-refractivity contribution is 5.90. The van der Waals surface area contributed by atoms with E-state index in [0.717, 1.165) is 19.3 Å². The first kappa shape index (κ1) is 19.9. The lowest BCUT2D eigenvalue weighted by molar-refractivity contribution is -0.332. The van der Waals surface area contributed by atoms with Crippen molar-refractivity contribution in [2.45, 2.75) is 90.4 Å². The summed E-state index contributed by atoms with van der Waals surface area (Å²) >= 11 is 0. The second kappa shape index (κ2) is 13.9. The van der Waals surface area contributed by atoms with Gasteiger partial charge < -0.3 is 19.8 Å². The Balaban J connectivity index is 3.29. The van der Waals surface area contributed by atoms with Crippen molar-refractivity contribution in [2.24, 2.45) is 5.92 Å². The molecule has 0 aromatic rings. The highest BCUT2D eigenvalue weighted by Gasteiger charge is 2.10. The lowest BCUT2D eigenvalue weighted by atomic mass is 10.00. The first-order chi connectivity index (χ1) is 10.1. The number of hydrogen-bond acceptors (Lipinski definition) is 4. The largest absolute Gasteiger partial charge is 0.549 e. The molecule has 0 amide bonds. The maximum absolute atomic E-state index is 10.5. The minimum atomic E-state index is -1.53. The van der Waals surface area contributed by atoms with E-state index in [1.165, 1.54) is 51.4 Å². The van der Waals surface area contributed by atoms with E-state index >= 15 is 0 Å². The van der Waals surface area contributed by atoms with Crippen LogP contribution in [-0.2, 0) is 9.59 Å². The van der Waals surface area contributed by atoms with Crippen LogP contribution in [0.2, 0.25) is 0 Å². The fourth-order valence-electron chi connectivity index (χ4n) is 2.52. The molecule has 0 rings (SSSR count). The summed E-state index contributed by atoms with van der Waals surface area (Å²) in [6, 6.07) is 0. The maximum Gasteiger partial charge on any atom is 0.0501 e. The number of carboxylic acids is 2. The van der Waals surface area contributed by atoms with Crippen LogP contribution >= 0.6 is 0 Å². The van der Waals surface area contributed by atoms with E-state index in [9.17, 15) is 19.8 Å². The number of aliphatic carboxylic acids is 2. The van der Waals surface area contributed by atoms with Crippen LogP contribution in [-0.4, -0.2) is 11.9 Å². The summed E-state index contributed by atoms with van der Waals surface area (Å²) in [5.41, 5.74) is 0. The van der Waals surface area contributed by atoms with Gasteiger partial charge in [-0.15, -0.1) is 0 Å². The minimum absolute atomic E-state index is 0.127. The Morgan fingerprint density at radius 1 is 0.667 bits per heavy atom. The van der Waals surface area contributed by atoms with E-state index in [4.69, 9.17) is 0 Å². The lowest BCUT2D eigenvalue weighted by Gasteiger charge is -2.18. The molecule has 0 saturated carbocycles. The number of rotatable bonds is 15. The third kappa shape index (κ3) is 12.4. The molecule has 0 radical (unpaired) electrons. The van der Waals surface area contributed by atoms with Gasteiger partial charge in [-0.3, -0.25) is 0 Å². The molecule has 124 valence electrons. The molecule has 21 heavy (non-hydrogen) atoms. The van der Waals surface area contributed by atoms with Gasteiger partial charge in [-0.2, -0.15) is 0 Å². The second-order valence-corrected chi connectivity index (χ2v) is 5.87. The van der Waals surface area contributed by atoms with E-state index in [2.05, 4.69) is 6.92 Å². The first-order valence-electron chi connectivity index (χ1n) is 8.51. The van der Waals surface area contributed by atoms with Crippen LogP contribution in [0.5, 0.6) is 0 Å². The SMILES string of the molecule is CCCCCCCCCCCCCCC(C(=O)[O-])C(=O)[O-]. The van der Waals surface area contributed by atoms with Crippen molar-refractivity contribution in [2.75, 3.05) is 0 Å². The van der Waals surface area contributed by atoms with E-state index in [1.807, 2.05) is 0 Å². The summed E-state index contributed by atoms with van der Waals surface area (Å²) in [5, 5.41) is 21.1. The van der Waals surface area contributed by atoms with Gasteiger partial charge in [0.2, 0.25) is 0 Å². The maximum atomic E-state index is 10.5. The average Bonchev–Trinajstić information content (AvgIpc) is 2.43. The number of unbranched alkanes of at least 4 members (excludes halogenated alkanes) is 11. The monoisotopic (exact) mass is 298 g/mol. The summed E-state index contributed by atoms with van der Waals surface area (Å²) in [5.74, 6) is -4.51. The van der Waals surface area contributed by atoms with Crippen LogP contribution < -0.4 is 10.2 Å². The van der Waals surface area contributed by atoms with Gasteiger partial charge in [-0.25, -0.2) is 0 Å². The van der Waals surface area contributed by atoms with Crippen LogP contribution in [0.4, 0.5) is 0 Å². The number of carbonyl (C=O) groups is 2. The highest BCUT2D eigenvalue weighted by Crippen LogP contribution is 2.14. The molecule has 0 aliphatic heterocycles. The van der Waals surface area contributed by atoms with Crippen molar-refractivity contribution in [1.82, 2.24) is 0 Å². The fourth-order valence-corrected chi connectivity index (χ4v) is 2.52. The van der Waals surface area contributed by atoms with Gasteiger partial charge >= 0.3 is 0 Å². The molecular formula is C17H30O4-2. The van der Waals surface area contributed by atoms with Crippen LogP contribution in [0.15, 0.2) is 0 Å². The normalized spacial score (nSPS) is 11.0. The molecule has 0 N–H and O–H groups in total. The topological polar surface area (TPSA) is 80.3 Å². The third-order valence-electron chi connectivity index (χ3n) is 3.92. The van der Waals surface area contributed by atoms with Crippen LogP contribution in [0.1, 0.15) is 90.4 Å². The van der Waals surface area contributed by atoms with E-state index < -0.39 is 17.9 Å². The van der Waals surface area contributed by atoms with Gasteiger partial charge in [0.1, 0.15) is 0 Å². The van der Waals surface area contributed by atoms with Gasteiger partial charge in [0.15, 0.2) is 0 Å². The molecule has 0 saturated heterocycles. The zero-order valence-electron chi connectivity index (χ0n) is 13.4. The Morgan fingerprint density at radius 2 is 1.00 bits per heavy atom. The Morgan fingerprint density at radius 3 is 1.33 bits per heavy atom. The Kier molecular flexibility index (Phi) is 13.2. The van der Waals surface area contributed by atoms with E-state index in [-0.39, 0.29) is 6.42 Å². The Labute approximate surface area is 128 Å². The molecular weight excluding hydrogens is 268 g/mol. The zero-order valence-corrected chi connectivity index (χ0v) is 13.4. The van der Waals surface area contributed by atoms with Crippen LogP contribution in [0.25, 0.3) is 0 Å². The van der Waals surface area contributed by atoms with Crippen molar-refractivity contribution in [3.8, 4) is 0 Å². The smallest absolute Gasteiger partial charge is 0.0501 e. The van der Waals surface area contributed by atoms with Crippen molar-refractivity contribution >= 4 is 11.9 Å². The molecule has 0 bridgehead atoms. The molecule has 0 heterocycles. The summed E-state index contributed by atoms with van der Waals surface area (Å²) in [6.45, 7) is 2.22. The summed E-state index contributed by atoms with van der Waals surface area (Å²) in [4.78, 5) is 21.1. The summed E-state index contributed by atoms with van der Waals surface area (Å²) in [6.07, 6.45) is 14.3. The Bertz CT molecular complexity index is 262. The molecule has 0 unspecified atom stereocenters. The van der Waals surface area contributed by atoms with Gasteiger partial charge in [0, 0.05) is 5.92 Å². The zero-order chi connectivity index (χ0) is 15.9. The molecule has 4 heteroatoms. The molecule has 4 nitrogen and oxygen atoms in total. The van der Waals surface area contributed by atoms with Gasteiger partial charge in [-0.1, -0.05) is 84.0 Å². The van der Waals surface area contributed by atoms with Crippen LogP contribution in [0, 0.1) is 5.92 Å². The van der Waals surface area contributed by atoms with E-state index in [1.54, 1.807) is 0 Å². The third-order valence-corrected chi connectivity index (χ3v) is 3.92. The van der Waals surface area contributed by atoms with Crippen molar-refractivity contribution in [1.29, 1.82) is 0 Å².